The van der Waals surface area contributed by atoms with Gasteiger partial charge in [0.05, 0.1) is 12.0 Å². The molecule has 0 atom stereocenters. The van der Waals surface area contributed by atoms with Crippen molar-refractivity contribution in [2.75, 3.05) is 6.61 Å². The molecule has 7 nitrogen and oxygen atoms in total. The number of amides is 1. The maximum atomic E-state index is 13.0. The van der Waals surface area contributed by atoms with E-state index in [0.717, 1.165) is 0 Å². The Balaban J connectivity index is 2.59. The third-order valence-electron chi connectivity index (χ3n) is 3.86. The average molecular weight is 365 g/mol. The number of nitrogens with two attached hydrogens (primary N) is 1. The molecule has 0 saturated heterocycles. The monoisotopic (exact) mass is 365 g/mol. The SMILES string of the molecule is CCOC(=O)c1sc2nc(C(C)C)n(CCCC(N)=O)c(=O)c2c1C. The molecule has 0 aliphatic rings. The first-order valence-electron chi connectivity index (χ1n) is 8.27. The quantitative estimate of drug-likeness (QED) is 0.758. The van der Waals surface area contributed by atoms with Crippen molar-refractivity contribution in [3.05, 3.63) is 26.6 Å². The van der Waals surface area contributed by atoms with Crippen molar-refractivity contribution in [1.29, 1.82) is 0 Å². The lowest BCUT2D eigenvalue weighted by Gasteiger charge is -2.14. The number of hydrogen-bond acceptors (Lipinski definition) is 6. The van der Waals surface area contributed by atoms with Crippen LogP contribution in [0.25, 0.3) is 10.2 Å². The second kappa shape index (κ2) is 7.77. The van der Waals surface area contributed by atoms with Gasteiger partial charge in [0.1, 0.15) is 15.5 Å². The molecule has 136 valence electrons. The molecule has 0 unspecified atom stereocenters. The van der Waals surface area contributed by atoms with E-state index in [1.165, 1.54) is 11.3 Å². The van der Waals surface area contributed by atoms with Crippen molar-refractivity contribution in [1.82, 2.24) is 9.55 Å². The minimum absolute atomic E-state index is 0.0270. The molecule has 8 heteroatoms. The van der Waals surface area contributed by atoms with Crippen molar-refractivity contribution in [2.45, 2.75) is 53.0 Å². The number of carbonyl (C=O) groups excluding carboxylic acids is 2. The summed E-state index contributed by atoms with van der Waals surface area (Å²) in [5.41, 5.74) is 5.58. The number of aromatic nitrogens is 2. The lowest BCUT2D eigenvalue weighted by atomic mass is 10.1. The number of hydrogen-bond donors (Lipinski definition) is 1. The zero-order valence-electron chi connectivity index (χ0n) is 14.9. The summed E-state index contributed by atoms with van der Waals surface area (Å²) in [7, 11) is 0. The van der Waals surface area contributed by atoms with Crippen LogP contribution in [0, 0.1) is 6.92 Å². The van der Waals surface area contributed by atoms with Crippen LogP contribution in [0.5, 0.6) is 0 Å². The van der Waals surface area contributed by atoms with E-state index in [2.05, 4.69) is 4.98 Å². The number of esters is 1. The molecule has 0 aromatic carbocycles. The first kappa shape index (κ1) is 19.1. The van der Waals surface area contributed by atoms with Crippen LogP contribution in [0.15, 0.2) is 4.79 Å². The van der Waals surface area contributed by atoms with Crippen molar-refractivity contribution < 1.29 is 14.3 Å². The fourth-order valence-electron chi connectivity index (χ4n) is 2.69. The highest BCUT2D eigenvalue weighted by atomic mass is 32.1. The Kier molecular flexibility index (Phi) is 5.94. The first-order chi connectivity index (χ1) is 11.8. The van der Waals surface area contributed by atoms with Crippen molar-refractivity contribution in [3.8, 4) is 0 Å². The van der Waals surface area contributed by atoms with Crippen LogP contribution >= 0.6 is 11.3 Å². The number of aryl methyl sites for hydroxylation is 1. The molecule has 0 radical (unpaired) electrons. The summed E-state index contributed by atoms with van der Waals surface area (Å²) in [6.45, 7) is 8.00. The number of rotatable bonds is 7. The fraction of sp³-hybridized carbons (Fsp3) is 0.529. The molecule has 0 saturated carbocycles. The summed E-state index contributed by atoms with van der Waals surface area (Å²) >= 11 is 1.18. The summed E-state index contributed by atoms with van der Waals surface area (Å²) in [6.07, 6.45) is 0.675. The molecule has 0 spiro atoms. The Morgan fingerprint density at radius 2 is 2.04 bits per heavy atom. The summed E-state index contributed by atoms with van der Waals surface area (Å²) in [4.78, 5) is 41.6. The second-order valence-electron chi connectivity index (χ2n) is 6.11. The van der Waals surface area contributed by atoms with Crippen LogP contribution in [0.2, 0.25) is 0 Å². The summed E-state index contributed by atoms with van der Waals surface area (Å²) in [6, 6.07) is 0. The van der Waals surface area contributed by atoms with Gasteiger partial charge >= 0.3 is 5.97 Å². The molecule has 0 bridgehead atoms. The molecule has 2 aromatic rings. The standard InChI is InChI=1S/C17H23N3O4S/c1-5-24-17(23)13-10(4)12-15(25-13)19-14(9(2)3)20(16(12)22)8-6-7-11(18)21/h9H,5-8H2,1-4H3,(H2,18,21). The normalized spacial score (nSPS) is 11.2. The fourth-order valence-corrected chi connectivity index (χ4v) is 3.76. The van der Waals surface area contributed by atoms with Gasteiger partial charge in [-0.05, 0) is 25.8 Å². The average Bonchev–Trinajstić information content (AvgIpc) is 2.86. The van der Waals surface area contributed by atoms with Gasteiger partial charge in [0.2, 0.25) is 5.91 Å². The van der Waals surface area contributed by atoms with Gasteiger partial charge < -0.3 is 10.5 Å². The van der Waals surface area contributed by atoms with E-state index < -0.39 is 11.9 Å². The van der Waals surface area contributed by atoms with E-state index in [-0.39, 0.29) is 24.5 Å². The Morgan fingerprint density at radius 3 is 2.60 bits per heavy atom. The van der Waals surface area contributed by atoms with E-state index in [1.54, 1.807) is 18.4 Å². The van der Waals surface area contributed by atoms with E-state index in [1.807, 2.05) is 13.8 Å². The smallest absolute Gasteiger partial charge is 0.348 e. The van der Waals surface area contributed by atoms with E-state index in [4.69, 9.17) is 10.5 Å². The number of nitrogens with zero attached hydrogens (tertiary/aromatic N) is 2. The molecule has 0 fully saturated rings. The lowest BCUT2D eigenvalue weighted by Crippen LogP contribution is -2.26. The molecule has 1 amide bonds. The van der Waals surface area contributed by atoms with Crippen LogP contribution in [0.4, 0.5) is 0 Å². The zero-order chi connectivity index (χ0) is 18.7. The first-order valence-corrected chi connectivity index (χ1v) is 9.08. The van der Waals surface area contributed by atoms with E-state index >= 15 is 0 Å². The Morgan fingerprint density at radius 1 is 1.36 bits per heavy atom. The van der Waals surface area contributed by atoms with Crippen LogP contribution < -0.4 is 11.3 Å². The van der Waals surface area contributed by atoms with Gasteiger partial charge in [-0.3, -0.25) is 14.2 Å². The number of fused-ring (bicyclic) bond motifs is 1. The number of primary amides is 1. The highest BCUT2D eigenvalue weighted by Gasteiger charge is 2.23. The second-order valence-corrected chi connectivity index (χ2v) is 7.11. The predicted molar refractivity (Wildman–Crippen MR) is 97.1 cm³/mol. The lowest BCUT2D eigenvalue weighted by molar-refractivity contribution is -0.118. The third-order valence-corrected chi connectivity index (χ3v) is 5.03. The summed E-state index contributed by atoms with van der Waals surface area (Å²) in [5.74, 6) is -0.170. The van der Waals surface area contributed by atoms with Gasteiger partial charge in [0.25, 0.3) is 5.56 Å². The Bertz CT molecular complexity index is 867. The molecule has 0 aliphatic heterocycles. The molecule has 25 heavy (non-hydrogen) atoms. The van der Waals surface area contributed by atoms with Crippen LogP contribution in [-0.2, 0) is 16.1 Å². The molecule has 2 aromatic heterocycles. The van der Waals surface area contributed by atoms with Gasteiger partial charge in [0.15, 0.2) is 0 Å². The molecule has 2 rings (SSSR count). The van der Waals surface area contributed by atoms with Crippen molar-refractivity contribution in [2.24, 2.45) is 5.73 Å². The zero-order valence-corrected chi connectivity index (χ0v) is 15.7. The molecular weight excluding hydrogens is 342 g/mol. The summed E-state index contributed by atoms with van der Waals surface area (Å²) in [5, 5.41) is 0.441. The number of carbonyl (C=O) groups is 2. The van der Waals surface area contributed by atoms with E-state index in [0.29, 0.717) is 39.4 Å². The minimum Gasteiger partial charge on any atom is -0.462 e. The molecule has 2 N–H and O–H groups in total. The van der Waals surface area contributed by atoms with Crippen LogP contribution in [-0.4, -0.2) is 28.0 Å². The molecular formula is C17H23N3O4S. The van der Waals surface area contributed by atoms with Crippen LogP contribution in [0.1, 0.15) is 60.6 Å². The minimum atomic E-state index is -0.436. The van der Waals surface area contributed by atoms with Crippen molar-refractivity contribution in [3.63, 3.8) is 0 Å². The molecule has 0 aliphatic carbocycles. The Hall–Kier alpha value is -2.22. The highest BCUT2D eigenvalue weighted by Crippen LogP contribution is 2.29. The van der Waals surface area contributed by atoms with Gasteiger partial charge in [-0.15, -0.1) is 11.3 Å². The highest BCUT2D eigenvalue weighted by molar-refractivity contribution is 7.20. The summed E-state index contributed by atoms with van der Waals surface area (Å²) < 4.78 is 6.65. The Labute approximate surface area is 149 Å². The third kappa shape index (κ3) is 3.89. The van der Waals surface area contributed by atoms with Gasteiger partial charge in [-0.1, -0.05) is 13.8 Å². The maximum Gasteiger partial charge on any atom is 0.348 e. The van der Waals surface area contributed by atoms with Gasteiger partial charge in [0, 0.05) is 18.9 Å². The van der Waals surface area contributed by atoms with Crippen LogP contribution in [0.3, 0.4) is 0 Å². The van der Waals surface area contributed by atoms with Gasteiger partial charge in [-0.2, -0.15) is 0 Å². The maximum absolute atomic E-state index is 13.0. The molecule has 2 heterocycles. The topological polar surface area (TPSA) is 104 Å². The van der Waals surface area contributed by atoms with Gasteiger partial charge in [-0.25, -0.2) is 9.78 Å². The number of ether oxygens (including phenoxy) is 1. The predicted octanol–water partition coefficient (Wildman–Crippen LogP) is 2.33. The van der Waals surface area contributed by atoms with E-state index in [9.17, 15) is 14.4 Å². The number of thiophene rings is 1. The largest absolute Gasteiger partial charge is 0.462 e. The van der Waals surface area contributed by atoms with Crippen molar-refractivity contribution >= 4 is 33.4 Å².